The van der Waals surface area contributed by atoms with E-state index in [0.29, 0.717) is 16.3 Å². The second-order valence-electron chi connectivity index (χ2n) is 6.69. The van der Waals surface area contributed by atoms with E-state index in [9.17, 15) is 19.7 Å². The van der Waals surface area contributed by atoms with Crippen LogP contribution < -0.4 is 9.95 Å². The van der Waals surface area contributed by atoms with Crippen molar-refractivity contribution in [2.24, 2.45) is 0 Å². The number of fused-ring (bicyclic) bond motifs is 2. The Hall–Kier alpha value is -3.28. The van der Waals surface area contributed by atoms with Crippen LogP contribution >= 0.6 is 11.3 Å². The van der Waals surface area contributed by atoms with Gasteiger partial charge in [0.2, 0.25) is 0 Å². The minimum Gasteiger partial charge on any atom is -0.462 e. The van der Waals surface area contributed by atoms with Crippen LogP contribution in [0.1, 0.15) is 56.0 Å². The highest BCUT2D eigenvalue weighted by atomic mass is 32.1. The number of aromatic nitrogens is 4. The number of hydrogen-bond donors (Lipinski definition) is 2. The Balaban J connectivity index is 1.75. The summed E-state index contributed by atoms with van der Waals surface area (Å²) in [6, 6.07) is 0. The summed E-state index contributed by atoms with van der Waals surface area (Å²) in [4.78, 5) is 37.3. The molecular formula is C17H19N6O5S+. The van der Waals surface area contributed by atoms with Gasteiger partial charge in [-0.05, 0) is 43.6 Å². The SMILES string of the molecule is CCOC(=O)c1c(NC(=O)c2c(C)nn3c([N+](=O)[O-])c(C)[nH][n+]23)sc2c1CCC2. The second kappa shape index (κ2) is 6.95. The summed E-state index contributed by atoms with van der Waals surface area (Å²) < 4.78 is 7.45. The summed E-state index contributed by atoms with van der Waals surface area (Å²) in [5, 5.41) is 21.4. The molecule has 1 aliphatic carbocycles. The standard InChI is InChI=1S/C17H18N6O5S/c1-4-28-17(25)12-10-6-5-7-11(10)29-15(12)18-14(24)13-8(2)19-22-16(23(26)27)9(3)20-21(13)22/h4-7H2,1-3H3,(H-,18,19,20,24,25)/p+1. The average molecular weight is 419 g/mol. The van der Waals surface area contributed by atoms with Crippen molar-refractivity contribution in [3.8, 4) is 0 Å². The molecule has 29 heavy (non-hydrogen) atoms. The topological polar surface area (TPSA) is 136 Å². The van der Waals surface area contributed by atoms with Gasteiger partial charge >= 0.3 is 23.4 Å². The van der Waals surface area contributed by atoms with Crippen LogP contribution in [0, 0.1) is 24.0 Å². The maximum Gasteiger partial charge on any atom is 0.436 e. The van der Waals surface area contributed by atoms with Gasteiger partial charge in [0.15, 0.2) is 10.3 Å². The van der Waals surface area contributed by atoms with Crippen molar-refractivity contribution < 1.29 is 23.9 Å². The number of hydrogen-bond acceptors (Lipinski definition) is 7. The fourth-order valence-electron chi connectivity index (χ4n) is 3.63. The third-order valence-corrected chi connectivity index (χ3v) is 6.01. The first-order valence-corrected chi connectivity index (χ1v) is 9.92. The molecule has 3 aromatic rings. The van der Waals surface area contributed by atoms with Crippen molar-refractivity contribution in [2.75, 3.05) is 11.9 Å². The Labute approximate surface area is 168 Å². The summed E-state index contributed by atoms with van der Waals surface area (Å²) in [7, 11) is 0. The number of thiophene rings is 1. The molecule has 2 N–H and O–H groups in total. The minimum absolute atomic E-state index is 0.115. The van der Waals surface area contributed by atoms with Crippen molar-refractivity contribution in [1.82, 2.24) is 14.8 Å². The van der Waals surface area contributed by atoms with E-state index < -0.39 is 16.8 Å². The number of aromatic amines is 1. The number of aryl methyl sites for hydroxylation is 3. The molecule has 3 heterocycles. The first-order valence-electron chi connectivity index (χ1n) is 9.11. The number of carbonyl (C=O) groups is 2. The lowest BCUT2D eigenvalue weighted by molar-refractivity contribution is -0.682. The highest BCUT2D eigenvalue weighted by Gasteiger charge is 2.38. The second-order valence-corrected chi connectivity index (χ2v) is 7.79. The molecule has 4 rings (SSSR count). The predicted molar refractivity (Wildman–Crippen MR) is 102 cm³/mol. The van der Waals surface area contributed by atoms with Gasteiger partial charge in [0, 0.05) is 16.4 Å². The van der Waals surface area contributed by atoms with Gasteiger partial charge < -0.3 is 20.2 Å². The number of esters is 1. The molecular weight excluding hydrogens is 400 g/mol. The molecule has 12 heteroatoms. The van der Waals surface area contributed by atoms with Gasteiger partial charge in [-0.15, -0.1) is 11.3 Å². The zero-order valence-electron chi connectivity index (χ0n) is 16.1. The molecule has 0 fully saturated rings. The Morgan fingerprint density at radius 1 is 1.41 bits per heavy atom. The Kier molecular flexibility index (Phi) is 4.57. The van der Waals surface area contributed by atoms with Crippen LogP contribution in [0.15, 0.2) is 0 Å². The maximum atomic E-state index is 13.0. The van der Waals surface area contributed by atoms with E-state index in [2.05, 4.69) is 15.5 Å². The first kappa shape index (κ1) is 19.1. The summed E-state index contributed by atoms with van der Waals surface area (Å²) in [6.45, 7) is 5.08. The zero-order valence-corrected chi connectivity index (χ0v) is 16.9. The molecule has 0 saturated heterocycles. The van der Waals surface area contributed by atoms with Gasteiger partial charge in [-0.25, -0.2) is 4.79 Å². The number of carbonyl (C=O) groups excluding carboxylic acids is 2. The van der Waals surface area contributed by atoms with Crippen molar-refractivity contribution in [3.05, 3.63) is 43.2 Å². The summed E-state index contributed by atoms with van der Waals surface area (Å²) in [5.41, 5.74) is 2.02. The predicted octanol–water partition coefficient (Wildman–Crippen LogP) is 1.75. The third kappa shape index (κ3) is 2.95. The van der Waals surface area contributed by atoms with Crippen LogP contribution in [0.2, 0.25) is 0 Å². The van der Waals surface area contributed by atoms with E-state index in [1.165, 1.54) is 22.9 Å². The number of anilines is 1. The smallest absolute Gasteiger partial charge is 0.436 e. The lowest BCUT2D eigenvalue weighted by Crippen LogP contribution is -2.37. The van der Waals surface area contributed by atoms with Gasteiger partial charge in [-0.3, -0.25) is 4.79 Å². The van der Waals surface area contributed by atoms with Gasteiger partial charge in [0.25, 0.3) is 5.69 Å². The molecule has 0 unspecified atom stereocenters. The molecule has 0 bridgehead atoms. The molecule has 0 aromatic carbocycles. The van der Waals surface area contributed by atoms with Gasteiger partial charge in [-0.2, -0.15) is 5.10 Å². The summed E-state index contributed by atoms with van der Waals surface area (Å²) >= 11 is 1.37. The first-order chi connectivity index (χ1) is 13.8. The van der Waals surface area contributed by atoms with Crippen LogP contribution in [-0.2, 0) is 17.6 Å². The van der Waals surface area contributed by atoms with Crippen molar-refractivity contribution in [2.45, 2.75) is 40.0 Å². The molecule has 0 atom stereocenters. The third-order valence-electron chi connectivity index (χ3n) is 4.80. The molecule has 0 radical (unpaired) electrons. The molecule has 0 saturated carbocycles. The van der Waals surface area contributed by atoms with Crippen LogP contribution in [0.4, 0.5) is 10.8 Å². The van der Waals surface area contributed by atoms with Crippen molar-refractivity contribution in [1.29, 1.82) is 0 Å². The van der Waals surface area contributed by atoms with E-state index in [-0.39, 0.29) is 23.8 Å². The van der Waals surface area contributed by atoms with Crippen LogP contribution in [0.5, 0.6) is 0 Å². The average Bonchev–Trinajstić information content (AvgIpc) is 3.33. The number of nitro groups is 1. The van der Waals surface area contributed by atoms with Crippen LogP contribution in [0.3, 0.4) is 0 Å². The van der Waals surface area contributed by atoms with E-state index in [1.54, 1.807) is 13.8 Å². The Morgan fingerprint density at radius 2 is 2.17 bits per heavy atom. The zero-order chi connectivity index (χ0) is 20.9. The molecule has 1 amide bonds. The van der Waals surface area contributed by atoms with Crippen molar-refractivity contribution >= 4 is 34.0 Å². The quantitative estimate of drug-likeness (QED) is 0.280. The number of ether oxygens (including phenoxy) is 1. The van der Waals surface area contributed by atoms with E-state index in [4.69, 9.17) is 4.74 Å². The van der Waals surface area contributed by atoms with Crippen molar-refractivity contribution in [3.63, 3.8) is 0 Å². The molecule has 1 aliphatic rings. The Morgan fingerprint density at radius 3 is 2.86 bits per heavy atom. The normalized spacial score (nSPS) is 12.9. The number of amides is 1. The number of H-pyrrole nitrogens is 1. The highest BCUT2D eigenvalue weighted by Crippen LogP contribution is 2.39. The number of nitrogens with zero attached hydrogens (tertiary/aromatic N) is 4. The van der Waals surface area contributed by atoms with Gasteiger partial charge in [0.05, 0.1) is 12.2 Å². The summed E-state index contributed by atoms with van der Waals surface area (Å²) in [6.07, 6.45) is 2.59. The number of rotatable bonds is 5. The fourth-order valence-corrected chi connectivity index (χ4v) is 4.90. The van der Waals surface area contributed by atoms with E-state index in [0.717, 1.165) is 34.3 Å². The largest absolute Gasteiger partial charge is 0.462 e. The van der Waals surface area contributed by atoms with E-state index >= 15 is 0 Å². The lowest BCUT2D eigenvalue weighted by Gasteiger charge is -2.06. The minimum atomic E-state index is -0.567. The van der Waals surface area contributed by atoms with Gasteiger partial charge in [0.1, 0.15) is 10.1 Å². The lowest BCUT2D eigenvalue weighted by atomic mass is 10.1. The molecule has 0 aliphatic heterocycles. The highest BCUT2D eigenvalue weighted by molar-refractivity contribution is 7.17. The molecule has 0 spiro atoms. The monoisotopic (exact) mass is 419 g/mol. The number of nitrogens with one attached hydrogen (secondary N) is 2. The molecule has 11 nitrogen and oxygen atoms in total. The Bertz CT molecular complexity index is 1170. The molecule has 152 valence electrons. The fraction of sp³-hybridized carbons (Fsp3) is 0.412. The summed E-state index contributed by atoms with van der Waals surface area (Å²) in [5.74, 6) is -1.24. The molecule has 3 aromatic heterocycles. The van der Waals surface area contributed by atoms with Crippen LogP contribution in [-0.4, -0.2) is 38.2 Å². The van der Waals surface area contributed by atoms with E-state index in [1.807, 2.05) is 0 Å². The van der Waals surface area contributed by atoms with Crippen LogP contribution in [0.25, 0.3) is 0 Å². The van der Waals surface area contributed by atoms with Gasteiger partial charge in [-0.1, -0.05) is 0 Å². The maximum absolute atomic E-state index is 13.0.